The van der Waals surface area contributed by atoms with Gasteiger partial charge in [0.15, 0.2) is 0 Å². The Bertz CT molecular complexity index is 877. The van der Waals surface area contributed by atoms with Crippen LogP contribution in [0.25, 0.3) is 10.2 Å². The smallest absolute Gasteiger partial charge is 0.348 e. The van der Waals surface area contributed by atoms with Gasteiger partial charge in [0.2, 0.25) is 5.91 Å². The fourth-order valence-corrected chi connectivity index (χ4v) is 4.22. The van der Waals surface area contributed by atoms with Crippen molar-refractivity contribution in [1.29, 1.82) is 0 Å². The molecule has 0 aliphatic rings. The van der Waals surface area contributed by atoms with Crippen LogP contribution in [0.4, 0.5) is 0 Å². The number of ether oxygens (including phenoxy) is 2. The molecule has 1 amide bonds. The van der Waals surface area contributed by atoms with E-state index in [-0.39, 0.29) is 29.1 Å². The first kappa shape index (κ1) is 21.4. The zero-order valence-corrected chi connectivity index (χ0v) is 17.3. The molecule has 0 aromatic carbocycles. The summed E-state index contributed by atoms with van der Waals surface area (Å²) >= 11 is 2.51. The zero-order valence-electron chi connectivity index (χ0n) is 15.7. The zero-order chi connectivity index (χ0) is 20.0. The third-order valence-electron chi connectivity index (χ3n) is 3.76. The maximum atomic E-state index is 12.5. The summed E-state index contributed by atoms with van der Waals surface area (Å²) in [7, 11) is 1.57. The molecule has 2 aromatic rings. The van der Waals surface area contributed by atoms with Crippen molar-refractivity contribution in [3.05, 3.63) is 26.6 Å². The van der Waals surface area contributed by atoms with Crippen LogP contribution >= 0.6 is 23.1 Å². The molecule has 0 bridgehead atoms. The highest BCUT2D eigenvalue weighted by Gasteiger charge is 2.21. The van der Waals surface area contributed by atoms with Crippen LogP contribution in [0.3, 0.4) is 0 Å². The Morgan fingerprint density at radius 3 is 2.81 bits per heavy atom. The Hall–Kier alpha value is -1.91. The Morgan fingerprint density at radius 2 is 2.15 bits per heavy atom. The van der Waals surface area contributed by atoms with Crippen LogP contribution in [0.2, 0.25) is 0 Å². The van der Waals surface area contributed by atoms with Gasteiger partial charge in [-0.1, -0.05) is 0 Å². The number of aromatic nitrogens is 2. The van der Waals surface area contributed by atoms with Gasteiger partial charge in [-0.3, -0.25) is 9.59 Å². The first-order chi connectivity index (χ1) is 12.9. The lowest BCUT2D eigenvalue weighted by Gasteiger charge is -2.10. The van der Waals surface area contributed by atoms with Crippen molar-refractivity contribution in [3.8, 4) is 0 Å². The van der Waals surface area contributed by atoms with Crippen LogP contribution in [-0.2, 0) is 14.3 Å². The number of thiophene rings is 1. The molecule has 0 spiro atoms. The van der Waals surface area contributed by atoms with Gasteiger partial charge in [0.05, 0.1) is 29.6 Å². The highest BCUT2D eigenvalue weighted by atomic mass is 32.2. The summed E-state index contributed by atoms with van der Waals surface area (Å²) in [4.78, 5) is 44.5. The standard InChI is InChI=1S/C17H23N3O5S2/c1-5-25-17(23)13-9(2)12-15(22)19-14(20-16(12)27-13)10(3)26-8-11(21)18-6-7-24-4/h10H,5-8H2,1-4H3,(H,18,21)(H,19,20,22)/t10-/m1/s1. The summed E-state index contributed by atoms with van der Waals surface area (Å²) < 4.78 is 9.92. The molecular formula is C17H23N3O5S2. The first-order valence-corrected chi connectivity index (χ1v) is 10.3. The van der Waals surface area contributed by atoms with Crippen LogP contribution in [0.1, 0.15) is 40.2 Å². The van der Waals surface area contributed by atoms with Crippen molar-refractivity contribution in [2.45, 2.75) is 26.0 Å². The molecule has 27 heavy (non-hydrogen) atoms. The Balaban J connectivity index is 2.16. The summed E-state index contributed by atoms with van der Waals surface area (Å²) in [5, 5.41) is 2.95. The van der Waals surface area contributed by atoms with E-state index in [1.807, 2.05) is 6.92 Å². The average Bonchev–Trinajstić information content (AvgIpc) is 2.97. The fraction of sp³-hybridized carbons (Fsp3) is 0.529. The lowest BCUT2D eigenvalue weighted by atomic mass is 10.2. The number of carbonyl (C=O) groups is 2. The van der Waals surface area contributed by atoms with E-state index < -0.39 is 5.97 Å². The number of carbonyl (C=O) groups excluding carboxylic acids is 2. The molecule has 2 N–H and O–H groups in total. The van der Waals surface area contributed by atoms with Gasteiger partial charge in [-0.2, -0.15) is 0 Å². The molecule has 8 nitrogen and oxygen atoms in total. The third-order valence-corrected chi connectivity index (χ3v) is 6.08. The number of hydrogen-bond donors (Lipinski definition) is 2. The Kier molecular flexibility index (Phi) is 7.81. The van der Waals surface area contributed by atoms with Gasteiger partial charge < -0.3 is 19.8 Å². The number of amides is 1. The molecule has 2 heterocycles. The fourth-order valence-electron chi connectivity index (χ4n) is 2.37. The van der Waals surface area contributed by atoms with E-state index in [0.29, 0.717) is 39.6 Å². The van der Waals surface area contributed by atoms with Crippen LogP contribution in [-0.4, -0.2) is 54.5 Å². The lowest BCUT2D eigenvalue weighted by molar-refractivity contribution is -0.118. The summed E-state index contributed by atoms with van der Waals surface area (Å²) in [5.74, 6) is 0.154. The Morgan fingerprint density at radius 1 is 1.41 bits per heavy atom. The number of nitrogens with zero attached hydrogens (tertiary/aromatic N) is 1. The number of fused-ring (bicyclic) bond motifs is 1. The molecule has 0 fully saturated rings. The van der Waals surface area contributed by atoms with E-state index in [1.54, 1.807) is 21.0 Å². The van der Waals surface area contributed by atoms with E-state index in [0.717, 1.165) is 11.3 Å². The molecule has 0 aliphatic heterocycles. The maximum Gasteiger partial charge on any atom is 0.348 e. The molecule has 0 saturated carbocycles. The normalized spacial score (nSPS) is 12.1. The number of rotatable bonds is 9. The molecule has 2 rings (SSSR count). The second kappa shape index (κ2) is 9.86. The van der Waals surface area contributed by atoms with Crippen LogP contribution < -0.4 is 10.9 Å². The van der Waals surface area contributed by atoms with Crippen molar-refractivity contribution in [1.82, 2.24) is 15.3 Å². The number of aryl methyl sites for hydroxylation is 1. The molecule has 0 radical (unpaired) electrons. The number of nitrogens with one attached hydrogen (secondary N) is 2. The summed E-state index contributed by atoms with van der Waals surface area (Å²) in [6.07, 6.45) is 0. The summed E-state index contributed by atoms with van der Waals surface area (Å²) in [5.41, 5.74) is 0.280. The molecular weight excluding hydrogens is 390 g/mol. The minimum atomic E-state index is -0.450. The minimum Gasteiger partial charge on any atom is -0.462 e. The van der Waals surface area contributed by atoms with Crippen molar-refractivity contribution in [2.75, 3.05) is 32.6 Å². The van der Waals surface area contributed by atoms with E-state index in [1.165, 1.54) is 11.8 Å². The summed E-state index contributed by atoms with van der Waals surface area (Å²) in [6.45, 7) is 6.48. The van der Waals surface area contributed by atoms with Crippen molar-refractivity contribution >= 4 is 45.2 Å². The number of methoxy groups -OCH3 is 1. The average molecular weight is 414 g/mol. The van der Waals surface area contributed by atoms with E-state index >= 15 is 0 Å². The van der Waals surface area contributed by atoms with Crippen molar-refractivity contribution in [2.24, 2.45) is 0 Å². The first-order valence-electron chi connectivity index (χ1n) is 8.46. The van der Waals surface area contributed by atoms with Gasteiger partial charge in [-0.05, 0) is 26.3 Å². The van der Waals surface area contributed by atoms with Gasteiger partial charge in [-0.25, -0.2) is 9.78 Å². The van der Waals surface area contributed by atoms with E-state index in [2.05, 4.69) is 15.3 Å². The van der Waals surface area contributed by atoms with E-state index in [4.69, 9.17) is 9.47 Å². The van der Waals surface area contributed by atoms with Crippen molar-refractivity contribution in [3.63, 3.8) is 0 Å². The third kappa shape index (κ3) is 5.30. The maximum absolute atomic E-state index is 12.5. The quantitative estimate of drug-likeness (QED) is 0.478. The molecule has 148 valence electrons. The van der Waals surface area contributed by atoms with Gasteiger partial charge in [0, 0.05) is 13.7 Å². The molecule has 1 atom stereocenters. The van der Waals surface area contributed by atoms with Gasteiger partial charge in [0.1, 0.15) is 15.5 Å². The highest BCUT2D eigenvalue weighted by molar-refractivity contribution is 8.00. The highest BCUT2D eigenvalue weighted by Crippen LogP contribution is 2.30. The number of aromatic amines is 1. The number of esters is 1. The number of hydrogen-bond acceptors (Lipinski definition) is 8. The predicted octanol–water partition coefficient (Wildman–Crippen LogP) is 2.03. The van der Waals surface area contributed by atoms with Crippen LogP contribution in [0.5, 0.6) is 0 Å². The van der Waals surface area contributed by atoms with Gasteiger partial charge >= 0.3 is 5.97 Å². The molecule has 0 saturated heterocycles. The SMILES string of the molecule is CCOC(=O)c1sc2nc([C@@H](C)SCC(=O)NCCOC)[nH]c(=O)c2c1C. The summed E-state index contributed by atoms with van der Waals surface area (Å²) in [6, 6.07) is 0. The topological polar surface area (TPSA) is 110 Å². The predicted molar refractivity (Wildman–Crippen MR) is 107 cm³/mol. The molecule has 2 aromatic heterocycles. The number of thioether (sulfide) groups is 1. The van der Waals surface area contributed by atoms with Crippen LogP contribution in [0.15, 0.2) is 4.79 Å². The monoisotopic (exact) mass is 413 g/mol. The second-order valence-corrected chi connectivity index (χ2v) is 8.03. The molecule has 10 heteroatoms. The second-order valence-electron chi connectivity index (χ2n) is 5.70. The van der Waals surface area contributed by atoms with Gasteiger partial charge in [0.25, 0.3) is 5.56 Å². The lowest BCUT2D eigenvalue weighted by Crippen LogP contribution is -2.28. The van der Waals surface area contributed by atoms with Crippen molar-refractivity contribution < 1.29 is 19.1 Å². The van der Waals surface area contributed by atoms with Crippen LogP contribution in [0, 0.1) is 6.92 Å². The Labute approximate surface area is 165 Å². The number of H-pyrrole nitrogens is 1. The largest absolute Gasteiger partial charge is 0.462 e. The van der Waals surface area contributed by atoms with Gasteiger partial charge in [-0.15, -0.1) is 23.1 Å². The molecule has 0 aliphatic carbocycles. The minimum absolute atomic E-state index is 0.108. The van der Waals surface area contributed by atoms with E-state index in [9.17, 15) is 14.4 Å². The molecule has 0 unspecified atom stereocenters.